The largest absolute Gasteiger partial charge is 0.328 e. The van der Waals surface area contributed by atoms with Crippen LogP contribution in [0.1, 0.15) is 142 Å². The number of nitrogens with one attached hydrogen (secondary N) is 2. The average Bonchev–Trinajstić information content (AvgIpc) is 2.73. The van der Waals surface area contributed by atoms with E-state index in [4.69, 9.17) is 0 Å². The second-order valence-corrected chi connectivity index (χ2v) is 9.37. The molecule has 1 fully saturated rings. The Hall–Kier alpha value is -1.39. The molecule has 2 N–H and O–H groups in total. The molecule has 0 bridgehead atoms. The third-order valence-corrected chi connectivity index (χ3v) is 6.45. The molecule has 5 heteroatoms. The van der Waals surface area contributed by atoms with Gasteiger partial charge in [-0.1, -0.05) is 135 Å². The molecule has 0 spiro atoms. The summed E-state index contributed by atoms with van der Waals surface area (Å²) in [6.07, 6.45) is 27.2. The van der Waals surface area contributed by atoms with Gasteiger partial charge in [0.15, 0.2) is 0 Å². The first-order chi connectivity index (χ1) is 15.1. The van der Waals surface area contributed by atoms with Gasteiger partial charge in [0, 0.05) is 0 Å². The molecule has 1 heterocycles. The molecule has 0 aliphatic carbocycles. The predicted octanol–water partition coefficient (Wildman–Crippen LogP) is 7.18. The summed E-state index contributed by atoms with van der Waals surface area (Å²) in [7, 11) is 0. The van der Waals surface area contributed by atoms with E-state index in [-0.39, 0.29) is 0 Å². The molecule has 0 aromatic carbocycles. The zero-order valence-corrected chi connectivity index (χ0v) is 20.2. The minimum atomic E-state index is -0.701. The molecule has 0 atom stereocenters. The fourth-order valence-electron chi connectivity index (χ4n) is 4.41. The summed E-state index contributed by atoms with van der Waals surface area (Å²) in [5.41, 5.74) is 0. The van der Waals surface area contributed by atoms with Crippen LogP contribution in [-0.2, 0) is 9.59 Å². The van der Waals surface area contributed by atoms with Crippen LogP contribution in [0.2, 0.25) is 0 Å². The molecule has 0 radical (unpaired) electrons. The second-order valence-electron chi connectivity index (χ2n) is 9.37. The molecule has 1 rings (SSSR count). The summed E-state index contributed by atoms with van der Waals surface area (Å²) in [5.74, 6) is -1.61. The number of carbonyl (C=O) groups excluding carboxylic acids is 3. The number of rotatable bonds is 21. The molecule has 1 saturated heterocycles. The van der Waals surface area contributed by atoms with Gasteiger partial charge in [0.1, 0.15) is 5.92 Å². The van der Waals surface area contributed by atoms with E-state index in [1.165, 1.54) is 109 Å². The highest BCUT2D eigenvalue weighted by Gasteiger charge is 2.33. The van der Waals surface area contributed by atoms with Crippen molar-refractivity contribution in [3.63, 3.8) is 0 Å². The van der Waals surface area contributed by atoms with Crippen LogP contribution in [-0.4, -0.2) is 17.8 Å². The van der Waals surface area contributed by atoms with Crippen LogP contribution in [0.25, 0.3) is 0 Å². The Bertz CT molecular complexity index is 473. The zero-order valence-electron chi connectivity index (χ0n) is 20.2. The van der Waals surface area contributed by atoms with Gasteiger partial charge < -0.3 is 0 Å². The van der Waals surface area contributed by atoms with E-state index in [2.05, 4.69) is 17.6 Å². The van der Waals surface area contributed by atoms with Crippen molar-refractivity contribution >= 4 is 17.8 Å². The van der Waals surface area contributed by atoms with Gasteiger partial charge in [-0.15, -0.1) is 0 Å². The van der Waals surface area contributed by atoms with Crippen molar-refractivity contribution in [1.29, 1.82) is 0 Å². The third-order valence-electron chi connectivity index (χ3n) is 6.45. The van der Waals surface area contributed by atoms with Gasteiger partial charge in [0.2, 0.25) is 11.8 Å². The summed E-state index contributed by atoms with van der Waals surface area (Å²) in [5, 5.41) is 4.32. The maximum absolute atomic E-state index is 11.7. The van der Waals surface area contributed by atoms with Crippen LogP contribution in [0, 0.1) is 5.92 Å². The van der Waals surface area contributed by atoms with Crippen LogP contribution in [0.4, 0.5) is 4.79 Å². The van der Waals surface area contributed by atoms with Crippen molar-refractivity contribution in [2.45, 2.75) is 142 Å². The van der Waals surface area contributed by atoms with Crippen molar-refractivity contribution in [2.24, 2.45) is 5.92 Å². The van der Waals surface area contributed by atoms with E-state index in [0.29, 0.717) is 6.42 Å². The van der Waals surface area contributed by atoms with Gasteiger partial charge in [-0.05, 0) is 6.42 Å². The van der Waals surface area contributed by atoms with Crippen LogP contribution in [0.15, 0.2) is 0 Å². The first-order valence-corrected chi connectivity index (χ1v) is 13.3. The maximum Gasteiger partial charge on any atom is 0.328 e. The summed E-state index contributed by atoms with van der Waals surface area (Å²) >= 11 is 0. The fraction of sp³-hybridized carbons (Fsp3) is 0.885. The minimum absolute atomic E-state index is 0.452. The Morgan fingerprint density at radius 3 is 1.10 bits per heavy atom. The molecule has 5 nitrogen and oxygen atoms in total. The lowest BCUT2D eigenvalue weighted by Crippen LogP contribution is -2.55. The Kier molecular flexibility index (Phi) is 17.2. The van der Waals surface area contributed by atoms with Crippen molar-refractivity contribution in [1.82, 2.24) is 10.6 Å². The normalized spacial score (nSPS) is 14.7. The molecule has 31 heavy (non-hydrogen) atoms. The first-order valence-electron chi connectivity index (χ1n) is 13.3. The van der Waals surface area contributed by atoms with Crippen LogP contribution < -0.4 is 10.6 Å². The van der Waals surface area contributed by atoms with E-state index in [1.54, 1.807) is 0 Å². The Balaban J connectivity index is 1.75. The average molecular weight is 437 g/mol. The van der Waals surface area contributed by atoms with Gasteiger partial charge in [0.25, 0.3) is 0 Å². The van der Waals surface area contributed by atoms with Gasteiger partial charge in [-0.2, -0.15) is 0 Å². The second kappa shape index (κ2) is 19.3. The van der Waals surface area contributed by atoms with E-state index < -0.39 is 23.8 Å². The number of barbiturate groups is 1. The minimum Gasteiger partial charge on any atom is -0.277 e. The van der Waals surface area contributed by atoms with E-state index in [1.807, 2.05) is 0 Å². The number of hydrogen-bond donors (Lipinski definition) is 2. The van der Waals surface area contributed by atoms with Crippen molar-refractivity contribution in [3.05, 3.63) is 0 Å². The van der Waals surface area contributed by atoms with Crippen molar-refractivity contribution in [3.8, 4) is 0 Å². The number of unbranched alkanes of at least 4 members (excludes halogenated alkanes) is 19. The van der Waals surface area contributed by atoms with Gasteiger partial charge in [0.05, 0.1) is 0 Å². The highest BCUT2D eigenvalue weighted by atomic mass is 16.2. The number of urea groups is 1. The number of carbonyl (C=O) groups is 3. The lowest BCUT2D eigenvalue weighted by atomic mass is 9.97. The molecule has 1 aliphatic rings. The summed E-state index contributed by atoms with van der Waals surface area (Å²) < 4.78 is 0. The molecule has 4 amide bonds. The number of amides is 4. The van der Waals surface area contributed by atoms with Crippen LogP contribution in [0.3, 0.4) is 0 Å². The Morgan fingerprint density at radius 2 is 0.774 bits per heavy atom. The zero-order chi connectivity index (χ0) is 22.6. The van der Waals surface area contributed by atoms with E-state index in [9.17, 15) is 14.4 Å². The summed E-state index contributed by atoms with van der Waals surface area (Å²) in [4.78, 5) is 34.3. The summed E-state index contributed by atoms with van der Waals surface area (Å²) in [6.45, 7) is 2.28. The van der Waals surface area contributed by atoms with Crippen LogP contribution >= 0.6 is 0 Å². The molecule has 180 valence electrons. The molecule has 0 aromatic rings. The monoisotopic (exact) mass is 436 g/mol. The lowest BCUT2D eigenvalue weighted by molar-refractivity contribution is -0.136. The lowest BCUT2D eigenvalue weighted by Gasteiger charge is -2.20. The SMILES string of the molecule is CCCCCCCCCCCCCCCCCCCCCCC1C(=O)NC(=O)NC1=O. The molecule has 0 unspecified atom stereocenters. The fourth-order valence-corrected chi connectivity index (χ4v) is 4.41. The standard InChI is InChI=1S/C26H48N2O3/c1-2-3-4-5-6-7-8-9-10-11-12-13-14-15-16-17-18-19-20-21-22-23-24(29)27-26(31)28-25(23)30/h23H,2-22H2,1H3,(H2,27,28,29,30,31). The Labute approximate surface area is 190 Å². The van der Waals surface area contributed by atoms with E-state index >= 15 is 0 Å². The highest BCUT2D eigenvalue weighted by Crippen LogP contribution is 2.17. The van der Waals surface area contributed by atoms with E-state index in [0.717, 1.165) is 19.3 Å². The molecular weight excluding hydrogens is 388 g/mol. The summed E-state index contributed by atoms with van der Waals surface area (Å²) in [6, 6.07) is -0.699. The van der Waals surface area contributed by atoms with Gasteiger partial charge in [-0.3, -0.25) is 20.2 Å². The van der Waals surface area contributed by atoms with Crippen molar-refractivity contribution < 1.29 is 14.4 Å². The topological polar surface area (TPSA) is 75.3 Å². The van der Waals surface area contributed by atoms with Gasteiger partial charge >= 0.3 is 6.03 Å². The predicted molar refractivity (Wildman–Crippen MR) is 128 cm³/mol. The molecule has 1 aliphatic heterocycles. The Morgan fingerprint density at radius 1 is 0.484 bits per heavy atom. The molecular formula is C26H48N2O3. The highest BCUT2D eigenvalue weighted by molar-refractivity contribution is 6.16. The van der Waals surface area contributed by atoms with Gasteiger partial charge in [-0.25, -0.2) is 4.79 Å². The smallest absolute Gasteiger partial charge is 0.277 e. The molecule has 0 saturated carbocycles. The molecule has 0 aromatic heterocycles. The number of hydrogen-bond acceptors (Lipinski definition) is 3. The van der Waals surface area contributed by atoms with Crippen LogP contribution in [0.5, 0.6) is 0 Å². The maximum atomic E-state index is 11.7. The quantitative estimate of drug-likeness (QED) is 0.148. The first kappa shape index (κ1) is 27.6. The number of imide groups is 2. The van der Waals surface area contributed by atoms with Crippen molar-refractivity contribution in [2.75, 3.05) is 0 Å². The third kappa shape index (κ3) is 15.1.